The van der Waals surface area contributed by atoms with Crippen LogP contribution in [0.3, 0.4) is 0 Å². The van der Waals surface area contributed by atoms with Crippen LogP contribution < -0.4 is 9.47 Å². The third-order valence-electron chi connectivity index (χ3n) is 5.83. The quantitative estimate of drug-likeness (QED) is 0.417. The van der Waals surface area contributed by atoms with E-state index >= 15 is 0 Å². The van der Waals surface area contributed by atoms with Gasteiger partial charge >= 0.3 is 0 Å². The molecule has 1 aliphatic heterocycles. The molecule has 5 rings (SSSR count). The fourth-order valence-electron chi connectivity index (χ4n) is 4.05. The molecular weight excluding hydrogens is 444 g/mol. The zero-order valence-corrected chi connectivity index (χ0v) is 19.5. The van der Waals surface area contributed by atoms with Crippen LogP contribution in [0.1, 0.15) is 34.2 Å². The van der Waals surface area contributed by atoms with Gasteiger partial charge in [0.1, 0.15) is 23.7 Å². The van der Waals surface area contributed by atoms with E-state index in [0.29, 0.717) is 41.8 Å². The number of amides is 1. The van der Waals surface area contributed by atoms with E-state index in [9.17, 15) is 4.79 Å². The number of aryl methyl sites for hydroxylation is 1. The van der Waals surface area contributed by atoms with Crippen LogP contribution in [0.2, 0.25) is 0 Å². The zero-order chi connectivity index (χ0) is 24.2. The van der Waals surface area contributed by atoms with Gasteiger partial charge in [-0.1, -0.05) is 0 Å². The Labute approximate surface area is 202 Å². The zero-order valence-electron chi connectivity index (χ0n) is 19.5. The highest BCUT2D eigenvalue weighted by atomic mass is 16.5. The number of pyridine rings is 1. The predicted octanol–water partition coefficient (Wildman–Crippen LogP) is 4.07. The Morgan fingerprint density at radius 2 is 1.80 bits per heavy atom. The van der Waals surface area contributed by atoms with Crippen LogP contribution in [0.4, 0.5) is 0 Å². The van der Waals surface area contributed by atoms with Crippen LogP contribution in [0.5, 0.6) is 17.4 Å². The summed E-state index contributed by atoms with van der Waals surface area (Å²) >= 11 is 0. The van der Waals surface area contributed by atoms with Gasteiger partial charge in [-0.3, -0.25) is 9.78 Å². The largest absolute Gasteiger partial charge is 0.497 e. The Morgan fingerprint density at radius 1 is 1.03 bits per heavy atom. The molecular formula is C26H24N6O3. The number of hydrogen-bond donors (Lipinski definition) is 0. The highest BCUT2D eigenvalue weighted by Crippen LogP contribution is 2.29. The van der Waals surface area contributed by atoms with Gasteiger partial charge in [0, 0.05) is 60.5 Å². The molecule has 1 aromatic carbocycles. The average Bonchev–Trinajstić information content (AvgIpc) is 3.39. The first-order valence-electron chi connectivity index (χ1n) is 11.3. The Balaban J connectivity index is 1.30. The van der Waals surface area contributed by atoms with Gasteiger partial charge in [0.2, 0.25) is 5.88 Å². The van der Waals surface area contributed by atoms with E-state index in [-0.39, 0.29) is 11.8 Å². The van der Waals surface area contributed by atoms with E-state index in [0.717, 1.165) is 23.4 Å². The molecule has 4 aromatic rings. The molecule has 1 saturated heterocycles. The van der Waals surface area contributed by atoms with Gasteiger partial charge in [-0.2, -0.15) is 4.98 Å². The fourth-order valence-corrected chi connectivity index (χ4v) is 4.05. The minimum absolute atomic E-state index is 0.0286. The summed E-state index contributed by atoms with van der Waals surface area (Å²) in [5.41, 5.74) is 2.81. The third-order valence-corrected chi connectivity index (χ3v) is 5.83. The molecule has 0 unspecified atom stereocenters. The number of rotatable bonds is 6. The van der Waals surface area contributed by atoms with Gasteiger partial charge in [0.05, 0.1) is 12.8 Å². The molecule has 9 nitrogen and oxygen atoms in total. The Kier molecular flexibility index (Phi) is 6.30. The molecule has 35 heavy (non-hydrogen) atoms. The van der Waals surface area contributed by atoms with Crippen molar-refractivity contribution in [2.75, 3.05) is 20.2 Å². The Hall–Kier alpha value is -4.40. The highest BCUT2D eigenvalue weighted by Gasteiger charge is 2.30. The number of methoxy groups -OCH3 is 1. The van der Waals surface area contributed by atoms with Gasteiger partial charge in [0.15, 0.2) is 0 Å². The van der Waals surface area contributed by atoms with Crippen molar-refractivity contribution in [3.63, 3.8) is 0 Å². The lowest BCUT2D eigenvalue weighted by molar-refractivity contribution is 0.0790. The molecule has 4 heterocycles. The summed E-state index contributed by atoms with van der Waals surface area (Å²) in [7, 11) is 1.62. The second-order valence-corrected chi connectivity index (χ2v) is 8.28. The standard InChI is InChI=1S/C26H24N6O3/c1-17-11-24(35-22-5-3-21(34-2)4-6-22)31-25(30-17)19-8-10-32(15-19)26(33)18-7-9-29-23(12-18)20-13-27-16-28-14-20/h3-7,9,11-14,16,19H,8,10,15H2,1-2H3/t19-/m1/s1. The van der Waals surface area contributed by atoms with Crippen molar-refractivity contribution in [3.05, 3.63) is 84.5 Å². The number of ether oxygens (including phenoxy) is 2. The van der Waals surface area contributed by atoms with Gasteiger partial charge in [-0.05, 0) is 49.7 Å². The van der Waals surface area contributed by atoms with E-state index in [4.69, 9.17) is 9.47 Å². The maximum Gasteiger partial charge on any atom is 0.254 e. The maximum absolute atomic E-state index is 13.2. The summed E-state index contributed by atoms with van der Waals surface area (Å²) in [5, 5.41) is 0. The molecule has 9 heteroatoms. The number of likely N-dealkylation sites (tertiary alicyclic amines) is 1. The highest BCUT2D eigenvalue weighted by molar-refractivity contribution is 5.95. The number of carbonyl (C=O) groups excluding carboxylic acids is 1. The molecule has 1 fully saturated rings. The molecule has 0 bridgehead atoms. The van der Waals surface area contributed by atoms with E-state index in [1.807, 2.05) is 36.1 Å². The third kappa shape index (κ3) is 5.08. The maximum atomic E-state index is 13.2. The molecule has 3 aromatic heterocycles. The van der Waals surface area contributed by atoms with E-state index in [2.05, 4.69) is 24.9 Å². The van der Waals surface area contributed by atoms with E-state index < -0.39 is 0 Å². The predicted molar refractivity (Wildman–Crippen MR) is 128 cm³/mol. The molecule has 0 N–H and O–H groups in total. The molecule has 0 radical (unpaired) electrons. The second kappa shape index (κ2) is 9.84. The summed E-state index contributed by atoms with van der Waals surface area (Å²) in [4.78, 5) is 36.7. The molecule has 0 saturated carbocycles. The minimum atomic E-state index is -0.0460. The summed E-state index contributed by atoms with van der Waals surface area (Å²) in [6.07, 6.45) is 7.23. The van der Waals surface area contributed by atoms with Crippen molar-refractivity contribution in [2.45, 2.75) is 19.3 Å². The van der Waals surface area contributed by atoms with Crippen molar-refractivity contribution in [2.24, 2.45) is 0 Å². The summed E-state index contributed by atoms with van der Waals surface area (Å²) < 4.78 is 11.1. The van der Waals surface area contributed by atoms with Gasteiger partial charge in [-0.15, -0.1) is 0 Å². The van der Waals surface area contributed by atoms with Gasteiger partial charge < -0.3 is 14.4 Å². The van der Waals surface area contributed by atoms with Crippen LogP contribution in [-0.2, 0) is 0 Å². The van der Waals surface area contributed by atoms with Crippen LogP contribution in [-0.4, -0.2) is 55.9 Å². The first-order chi connectivity index (χ1) is 17.1. The normalized spacial score (nSPS) is 15.1. The van der Waals surface area contributed by atoms with Crippen LogP contribution in [0.25, 0.3) is 11.3 Å². The lowest BCUT2D eigenvalue weighted by atomic mass is 10.1. The van der Waals surface area contributed by atoms with E-state index in [1.54, 1.807) is 43.9 Å². The summed E-state index contributed by atoms with van der Waals surface area (Å²) in [6.45, 7) is 3.08. The molecule has 0 aliphatic carbocycles. The first-order valence-corrected chi connectivity index (χ1v) is 11.3. The van der Waals surface area contributed by atoms with Crippen molar-refractivity contribution in [1.82, 2.24) is 29.8 Å². The number of nitrogens with zero attached hydrogens (tertiary/aromatic N) is 6. The van der Waals surface area contributed by atoms with Crippen molar-refractivity contribution in [1.29, 1.82) is 0 Å². The number of hydrogen-bond acceptors (Lipinski definition) is 8. The van der Waals surface area contributed by atoms with Gasteiger partial charge in [-0.25, -0.2) is 15.0 Å². The van der Waals surface area contributed by atoms with Crippen molar-refractivity contribution in [3.8, 4) is 28.6 Å². The topological polar surface area (TPSA) is 103 Å². The molecule has 0 spiro atoms. The average molecular weight is 469 g/mol. The van der Waals surface area contributed by atoms with Gasteiger partial charge in [0.25, 0.3) is 5.91 Å². The lowest BCUT2D eigenvalue weighted by Crippen LogP contribution is -2.28. The first kappa shape index (κ1) is 22.4. The molecule has 1 atom stereocenters. The second-order valence-electron chi connectivity index (χ2n) is 8.28. The molecule has 176 valence electrons. The number of aromatic nitrogens is 5. The summed E-state index contributed by atoms with van der Waals surface area (Å²) in [5.74, 6) is 2.56. The molecule has 1 aliphatic rings. The lowest BCUT2D eigenvalue weighted by Gasteiger charge is -2.17. The Morgan fingerprint density at radius 3 is 2.57 bits per heavy atom. The van der Waals surface area contributed by atoms with Crippen molar-refractivity contribution < 1.29 is 14.3 Å². The van der Waals surface area contributed by atoms with Crippen molar-refractivity contribution >= 4 is 5.91 Å². The fraction of sp³-hybridized carbons (Fsp3) is 0.231. The van der Waals surface area contributed by atoms with Crippen LogP contribution in [0.15, 0.2) is 67.4 Å². The number of carbonyl (C=O) groups is 1. The smallest absolute Gasteiger partial charge is 0.254 e. The van der Waals surface area contributed by atoms with Crippen LogP contribution in [0, 0.1) is 6.92 Å². The molecule has 1 amide bonds. The Bertz CT molecular complexity index is 1330. The summed E-state index contributed by atoms with van der Waals surface area (Å²) in [6, 6.07) is 12.6. The van der Waals surface area contributed by atoms with Crippen LogP contribution >= 0.6 is 0 Å². The monoisotopic (exact) mass is 468 g/mol. The van der Waals surface area contributed by atoms with E-state index in [1.165, 1.54) is 6.33 Å². The SMILES string of the molecule is COc1ccc(Oc2cc(C)nc([C@@H]3CCN(C(=O)c4ccnc(-c5cncnc5)c4)C3)n2)cc1. The minimum Gasteiger partial charge on any atom is -0.497 e. The number of benzene rings is 1.